The average Bonchev–Trinajstić information content (AvgIpc) is 2.45. The molecular weight excluding hydrogens is 344 g/mol. The van der Waals surface area contributed by atoms with Gasteiger partial charge in [-0.25, -0.2) is 9.78 Å². The zero-order valence-electron chi connectivity index (χ0n) is 10.1. The van der Waals surface area contributed by atoms with Gasteiger partial charge in [-0.3, -0.25) is 0 Å². The summed E-state index contributed by atoms with van der Waals surface area (Å²) in [6.45, 7) is 0. The third kappa shape index (κ3) is 2.86. The molecule has 1 aromatic carbocycles. The van der Waals surface area contributed by atoms with Crippen LogP contribution < -0.4 is 0 Å². The largest absolute Gasteiger partial charge is 0.464 e. The van der Waals surface area contributed by atoms with Gasteiger partial charge in [0.1, 0.15) is 0 Å². The van der Waals surface area contributed by atoms with Crippen molar-refractivity contribution < 1.29 is 9.53 Å². The topological polar surface area (TPSA) is 39.2 Å². The number of rotatable bonds is 2. The van der Waals surface area contributed by atoms with Gasteiger partial charge >= 0.3 is 5.97 Å². The van der Waals surface area contributed by atoms with Crippen molar-refractivity contribution in [3.8, 4) is 11.3 Å². The molecule has 104 valence electrons. The lowest BCUT2D eigenvalue weighted by Crippen LogP contribution is -2.06. The van der Waals surface area contributed by atoms with Crippen LogP contribution in [0.15, 0.2) is 24.3 Å². The highest BCUT2D eigenvalue weighted by Gasteiger charge is 2.17. The molecule has 0 N–H and O–H groups in total. The van der Waals surface area contributed by atoms with Crippen molar-refractivity contribution in [2.75, 3.05) is 7.11 Å². The van der Waals surface area contributed by atoms with Crippen molar-refractivity contribution in [3.63, 3.8) is 0 Å². The highest BCUT2D eigenvalue weighted by molar-refractivity contribution is 6.49. The van der Waals surface area contributed by atoms with Gasteiger partial charge in [0.05, 0.1) is 32.9 Å². The van der Waals surface area contributed by atoms with Crippen LogP contribution in [0.4, 0.5) is 0 Å². The van der Waals surface area contributed by atoms with E-state index >= 15 is 0 Å². The molecule has 2 rings (SSSR count). The second kappa shape index (κ2) is 6.19. The first-order chi connectivity index (χ1) is 9.45. The number of carbonyl (C=O) groups excluding carboxylic acids is 1. The van der Waals surface area contributed by atoms with E-state index in [2.05, 4.69) is 9.72 Å². The van der Waals surface area contributed by atoms with E-state index in [1.54, 1.807) is 18.2 Å². The number of halogens is 4. The molecule has 0 fully saturated rings. The van der Waals surface area contributed by atoms with Crippen LogP contribution in [0, 0.1) is 0 Å². The van der Waals surface area contributed by atoms with E-state index in [0.717, 1.165) is 0 Å². The van der Waals surface area contributed by atoms with Crippen LogP contribution in [0.1, 0.15) is 10.5 Å². The predicted octanol–water partition coefficient (Wildman–Crippen LogP) is 5.15. The molecule has 7 heteroatoms. The van der Waals surface area contributed by atoms with E-state index in [4.69, 9.17) is 46.4 Å². The minimum absolute atomic E-state index is 0.00815. The van der Waals surface area contributed by atoms with E-state index in [9.17, 15) is 4.79 Å². The highest BCUT2D eigenvalue weighted by atomic mass is 35.5. The third-order valence-electron chi connectivity index (χ3n) is 2.54. The van der Waals surface area contributed by atoms with Gasteiger partial charge in [0, 0.05) is 5.56 Å². The van der Waals surface area contributed by atoms with Gasteiger partial charge in [0.15, 0.2) is 5.69 Å². The predicted molar refractivity (Wildman–Crippen MR) is 81.1 cm³/mol. The first-order valence-electron chi connectivity index (χ1n) is 5.34. The number of methoxy groups -OCH3 is 1. The Morgan fingerprint density at radius 1 is 1.00 bits per heavy atom. The van der Waals surface area contributed by atoms with Gasteiger partial charge < -0.3 is 4.74 Å². The highest BCUT2D eigenvalue weighted by Crippen LogP contribution is 2.37. The molecule has 0 amide bonds. The van der Waals surface area contributed by atoms with Crippen LogP contribution in [-0.2, 0) is 4.74 Å². The Kier molecular flexibility index (Phi) is 4.76. The molecule has 0 saturated heterocycles. The number of ether oxygens (including phenoxy) is 1. The molecular formula is C13H7Cl4NO2. The maximum absolute atomic E-state index is 11.6. The van der Waals surface area contributed by atoms with Crippen molar-refractivity contribution in [3.05, 3.63) is 50.0 Å². The molecule has 2 aromatic rings. The van der Waals surface area contributed by atoms with Crippen molar-refractivity contribution in [1.29, 1.82) is 0 Å². The summed E-state index contributed by atoms with van der Waals surface area (Å²) < 4.78 is 4.62. The maximum Gasteiger partial charge on any atom is 0.358 e. The number of carbonyl (C=O) groups is 1. The molecule has 0 unspecified atom stereocenters. The fourth-order valence-electron chi connectivity index (χ4n) is 1.56. The van der Waals surface area contributed by atoms with E-state index in [0.29, 0.717) is 16.3 Å². The smallest absolute Gasteiger partial charge is 0.358 e. The van der Waals surface area contributed by atoms with Crippen LogP contribution >= 0.6 is 46.4 Å². The van der Waals surface area contributed by atoms with Gasteiger partial charge in [-0.15, -0.1) is 0 Å². The summed E-state index contributed by atoms with van der Waals surface area (Å²) in [7, 11) is 1.25. The van der Waals surface area contributed by atoms with Gasteiger partial charge in [-0.2, -0.15) is 0 Å². The van der Waals surface area contributed by atoms with Gasteiger partial charge in [0.25, 0.3) is 0 Å². The van der Waals surface area contributed by atoms with Crippen molar-refractivity contribution >= 4 is 52.4 Å². The standard InChI is InChI=1S/C13H7Cl4NO2/c1-20-13(19)12-8(15)4-5-9(18-12)6-2-3-7(14)11(17)10(6)16/h2-5H,1H3. The van der Waals surface area contributed by atoms with Gasteiger partial charge in [-0.05, 0) is 24.3 Å². The summed E-state index contributed by atoms with van der Waals surface area (Å²) in [6, 6.07) is 6.42. The molecule has 0 atom stereocenters. The van der Waals surface area contributed by atoms with Crippen LogP contribution in [0.3, 0.4) is 0 Å². The average molecular weight is 351 g/mol. The van der Waals surface area contributed by atoms with Crippen molar-refractivity contribution in [2.24, 2.45) is 0 Å². The molecule has 0 aliphatic heterocycles. The summed E-state index contributed by atoms with van der Waals surface area (Å²) >= 11 is 23.9. The second-order valence-corrected chi connectivity index (χ2v) is 5.31. The van der Waals surface area contributed by atoms with Crippen molar-refractivity contribution in [2.45, 2.75) is 0 Å². The van der Waals surface area contributed by atoms with Gasteiger partial charge in [0.2, 0.25) is 0 Å². The van der Waals surface area contributed by atoms with Crippen molar-refractivity contribution in [1.82, 2.24) is 4.98 Å². The SMILES string of the molecule is COC(=O)c1nc(-c2ccc(Cl)c(Cl)c2Cl)ccc1Cl. The Bertz CT molecular complexity index is 688. The maximum atomic E-state index is 11.6. The number of hydrogen-bond donors (Lipinski definition) is 0. The van der Waals surface area contributed by atoms with Crippen LogP contribution in [-0.4, -0.2) is 18.1 Å². The lowest BCUT2D eigenvalue weighted by atomic mass is 10.1. The second-order valence-electron chi connectivity index (χ2n) is 3.74. The molecule has 1 aromatic heterocycles. The monoisotopic (exact) mass is 349 g/mol. The number of esters is 1. The molecule has 1 heterocycles. The Morgan fingerprint density at radius 2 is 1.65 bits per heavy atom. The Labute approximate surface area is 135 Å². The summed E-state index contributed by atoms with van der Waals surface area (Å²) in [5.74, 6) is -0.631. The lowest BCUT2D eigenvalue weighted by Gasteiger charge is -2.09. The summed E-state index contributed by atoms with van der Waals surface area (Å²) in [6.07, 6.45) is 0. The molecule has 0 saturated carbocycles. The van der Waals surface area contributed by atoms with E-state index in [-0.39, 0.29) is 20.8 Å². The van der Waals surface area contributed by atoms with E-state index in [1.807, 2.05) is 0 Å². The normalized spacial score (nSPS) is 10.4. The van der Waals surface area contributed by atoms with Crippen LogP contribution in [0.2, 0.25) is 20.1 Å². The molecule has 20 heavy (non-hydrogen) atoms. The van der Waals surface area contributed by atoms with E-state index in [1.165, 1.54) is 13.2 Å². The number of benzene rings is 1. The minimum atomic E-state index is -0.631. The molecule has 0 bridgehead atoms. The quantitative estimate of drug-likeness (QED) is 0.555. The molecule has 3 nitrogen and oxygen atoms in total. The fourth-order valence-corrected chi connectivity index (χ4v) is 2.37. The fraction of sp³-hybridized carbons (Fsp3) is 0.0769. The molecule has 0 radical (unpaired) electrons. The zero-order chi connectivity index (χ0) is 14.9. The van der Waals surface area contributed by atoms with Crippen LogP contribution in [0.25, 0.3) is 11.3 Å². The third-order valence-corrected chi connectivity index (χ3v) is 4.13. The Morgan fingerprint density at radius 3 is 2.30 bits per heavy atom. The summed E-state index contributed by atoms with van der Waals surface area (Å²) in [5.41, 5.74) is 0.995. The first-order valence-corrected chi connectivity index (χ1v) is 6.85. The molecule has 0 spiro atoms. The summed E-state index contributed by atoms with van der Waals surface area (Å²) in [4.78, 5) is 15.7. The minimum Gasteiger partial charge on any atom is -0.464 e. The first kappa shape index (κ1) is 15.4. The number of aromatic nitrogens is 1. The zero-order valence-corrected chi connectivity index (χ0v) is 13.1. The van der Waals surface area contributed by atoms with Crippen LogP contribution in [0.5, 0.6) is 0 Å². The van der Waals surface area contributed by atoms with E-state index < -0.39 is 5.97 Å². The Balaban J connectivity index is 2.60. The number of nitrogens with zero attached hydrogens (tertiary/aromatic N) is 1. The van der Waals surface area contributed by atoms with Gasteiger partial charge in [-0.1, -0.05) is 46.4 Å². The summed E-state index contributed by atoms with van der Waals surface area (Å²) in [5, 5.41) is 1.01. The number of pyridine rings is 1. The molecule has 0 aliphatic carbocycles. The lowest BCUT2D eigenvalue weighted by molar-refractivity contribution is 0.0594. The Hall–Kier alpha value is -1.000. The molecule has 0 aliphatic rings. The number of hydrogen-bond acceptors (Lipinski definition) is 3.